The van der Waals surface area contributed by atoms with Gasteiger partial charge in [0.1, 0.15) is 0 Å². The third-order valence-corrected chi connectivity index (χ3v) is 3.78. The molecule has 7 heteroatoms. The van der Waals surface area contributed by atoms with Crippen LogP contribution < -0.4 is 10.2 Å². The lowest BCUT2D eigenvalue weighted by Gasteiger charge is -2.35. The fourth-order valence-electron chi connectivity index (χ4n) is 2.76. The first-order valence-corrected chi connectivity index (χ1v) is 7.43. The van der Waals surface area contributed by atoms with E-state index in [4.69, 9.17) is 4.74 Å². The van der Waals surface area contributed by atoms with Gasteiger partial charge in [0, 0.05) is 38.9 Å². The summed E-state index contributed by atoms with van der Waals surface area (Å²) in [5, 5.41) is 13.5. The van der Waals surface area contributed by atoms with Crippen LogP contribution in [-0.4, -0.2) is 43.7 Å². The number of carbonyl (C=O) groups excluding carboxylic acids is 1. The molecule has 120 valence electrons. The summed E-state index contributed by atoms with van der Waals surface area (Å²) in [6.45, 7) is 4.11. The van der Waals surface area contributed by atoms with Crippen LogP contribution in [0.25, 0.3) is 0 Å². The number of hydrogen-bond acceptors (Lipinski definition) is 5. The number of nitro benzene ring substituents is 1. The molecule has 1 atom stereocenters. The lowest BCUT2D eigenvalue weighted by molar-refractivity contribution is -0.384. The quantitative estimate of drug-likeness (QED) is 0.664. The largest absolute Gasteiger partial charge is 0.377 e. The summed E-state index contributed by atoms with van der Waals surface area (Å²) in [6.07, 6.45) is 2.09. The number of amides is 1. The van der Waals surface area contributed by atoms with Gasteiger partial charge in [0.2, 0.25) is 0 Å². The van der Waals surface area contributed by atoms with Crippen molar-refractivity contribution in [1.29, 1.82) is 0 Å². The number of carbonyl (C=O) groups is 1. The molecule has 1 amide bonds. The number of nitro groups is 1. The van der Waals surface area contributed by atoms with E-state index in [-0.39, 0.29) is 17.7 Å². The monoisotopic (exact) mass is 307 g/mol. The average molecular weight is 307 g/mol. The molecule has 2 rings (SSSR count). The van der Waals surface area contributed by atoms with Gasteiger partial charge in [-0.05, 0) is 25.8 Å². The van der Waals surface area contributed by atoms with Crippen LogP contribution >= 0.6 is 0 Å². The third-order valence-electron chi connectivity index (χ3n) is 3.78. The third kappa shape index (κ3) is 3.54. The van der Waals surface area contributed by atoms with Gasteiger partial charge in [0.15, 0.2) is 0 Å². The molecule has 1 fully saturated rings. The zero-order valence-corrected chi connectivity index (χ0v) is 12.9. The Kier molecular flexibility index (Phi) is 5.32. The molecule has 1 unspecified atom stereocenters. The number of hydrogen-bond donors (Lipinski definition) is 1. The highest BCUT2D eigenvalue weighted by Crippen LogP contribution is 2.28. The highest BCUT2D eigenvalue weighted by atomic mass is 16.6. The summed E-state index contributed by atoms with van der Waals surface area (Å²) in [6, 6.07) is 4.42. The van der Waals surface area contributed by atoms with Crippen molar-refractivity contribution in [3.8, 4) is 0 Å². The number of piperidine rings is 1. The summed E-state index contributed by atoms with van der Waals surface area (Å²) in [7, 11) is 1.52. The van der Waals surface area contributed by atoms with Crippen molar-refractivity contribution in [3.05, 3.63) is 33.9 Å². The lowest BCUT2D eigenvalue weighted by atomic mass is 10.0. The number of non-ortho nitro benzene ring substituents is 1. The number of ether oxygens (including phenoxy) is 1. The highest BCUT2D eigenvalue weighted by molar-refractivity contribution is 6.00. The predicted octanol–water partition coefficient (Wildman–Crippen LogP) is 1.96. The van der Waals surface area contributed by atoms with Gasteiger partial charge in [-0.25, -0.2) is 0 Å². The van der Waals surface area contributed by atoms with Gasteiger partial charge < -0.3 is 15.0 Å². The minimum absolute atomic E-state index is 0.0827. The van der Waals surface area contributed by atoms with Gasteiger partial charge in [-0.2, -0.15) is 0 Å². The minimum Gasteiger partial charge on any atom is -0.377 e. The summed E-state index contributed by atoms with van der Waals surface area (Å²) in [4.78, 5) is 24.6. The van der Waals surface area contributed by atoms with Gasteiger partial charge >= 0.3 is 0 Å². The van der Waals surface area contributed by atoms with Crippen LogP contribution in [0.3, 0.4) is 0 Å². The van der Waals surface area contributed by atoms with Crippen molar-refractivity contribution < 1.29 is 14.5 Å². The fourth-order valence-corrected chi connectivity index (χ4v) is 2.76. The second kappa shape index (κ2) is 7.22. The van der Waals surface area contributed by atoms with Crippen molar-refractivity contribution in [1.82, 2.24) is 5.32 Å². The van der Waals surface area contributed by atoms with E-state index in [0.717, 1.165) is 19.4 Å². The fraction of sp³-hybridized carbons (Fsp3) is 0.533. The molecule has 1 N–H and O–H groups in total. The standard InChI is InChI=1S/C15H21N3O4/c1-3-22-12-5-4-8-17(10-12)14-7-6-11(18(20)21)9-13(14)15(19)16-2/h6-7,9,12H,3-5,8,10H2,1-2H3,(H,16,19). The smallest absolute Gasteiger partial charge is 0.270 e. The Bertz CT molecular complexity index is 560. The maximum Gasteiger partial charge on any atom is 0.270 e. The van der Waals surface area contributed by atoms with Crippen molar-refractivity contribution in [2.24, 2.45) is 0 Å². The molecule has 0 aromatic heterocycles. The number of anilines is 1. The summed E-state index contributed by atoms with van der Waals surface area (Å²) < 4.78 is 5.67. The molecule has 22 heavy (non-hydrogen) atoms. The molecule has 1 saturated heterocycles. The number of nitrogens with zero attached hydrogens (tertiary/aromatic N) is 2. The Hall–Kier alpha value is -2.15. The second-order valence-electron chi connectivity index (χ2n) is 5.20. The highest BCUT2D eigenvalue weighted by Gasteiger charge is 2.25. The first kappa shape index (κ1) is 16.2. The van der Waals surface area contributed by atoms with E-state index < -0.39 is 4.92 Å². The second-order valence-corrected chi connectivity index (χ2v) is 5.20. The topological polar surface area (TPSA) is 84.7 Å². The van der Waals surface area contributed by atoms with Crippen LogP contribution in [0.2, 0.25) is 0 Å². The average Bonchev–Trinajstić information content (AvgIpc) is 2.54. The van der Waals surface area contributed by atoms with E-state index in [9.17, 15) is 14.9 Å². The summed E-state index contributed by atoms with van der Waals surface area (Å²) in [5.41, 5.74) is 0.962. The van der Waals surface area contributed by atoms with Crippen LogP contribution in [0.15, 0.2) is 18.2 Å². The Morgan fingerprint density at radius 2 is 2.32 bits per heavy atom. The molecular formula is C15H21N3O4. The van der Waals surface area contributed by atoms with Crippen molar-refractivity contribution >= 4 is 17.3 Å². The molecule has 1 heterocycles. The Morgan fingerprint density at radius 3 is 2.95 bits per heavy atom. The number of benzene rings is 1. The van der Waals surface area contributed by atoms with Crippen LogP contribution in [0.1, 0.15) is 30.1 Å². The van der Waals surface area contributed by atoms with E-state index in [2.05, 4.69) is 10.2 Å². The van der Waals surface area contributed by atoms with E-state index in [1.54, 1.807) is 6.07 Å². The zero-order chi connectivity index (χ0) is 16.1. The Morgan fingerprint density at radius 1 is 1.55 bits per heavy atom. The Labute approximate surface area is 129 Å². The first-order valence-electron chi connectivity index (χ1n) is 7.43. The van der Waals surface area contributed by atoms with Crippen LogP contribution in [-0.2, 0) is 4.74 Å². The van der Waals surface area contributed by atoms with Crippen LogP contribution in [0, 0.1) is 10.1 Å². The lowest BCUT2D eigenvalue weighted by Crippen LogP contribution is -2.40. The molecule has 0 radical (unpaired) electrons. The van der Waals surface area contributed by atoms with Crippen molar-refractivity contribution in [3.63, 3.8) is 0 Å². The first-order chi connectivity index (χ1) is 10.6. The van der Waals surface area contributed by atoms with Crippen LogP contribution in [0.4, 0.5) is 11.4 Å². The summed E-state index contributed by atoms with van der Waals surface area (Å²) >= 11 is 0. The van der Waals surface area contributed by atoms with E-state index >= 15 is 0 Å². The van der Waals surface area contributed by atoms with Gasteiger partial charge in [-0.3, -0.25) is 14.9 Å². The number of rotatable bonds is 5. The molecule has 7 nitrogen and oxygen atoms in total. The van der Waals surface area contributed by atoms with Crippen molar-refractivity contribution in [2.75, 3.05) is 31.6 Å². The maximum atomic E-state index is 12.1. The molecule has 1 aromatic rings. The molecular weight excluding hydrogens is 286 g/mol. The van der Waals surface area contributed by atoms with Crippen molar-refractivity contribution in [2.45, 2.75) is 25.9 Å². The zero-order valence-electron chi connectivity index (χ0n) is 12.9. The predicted molar refractivity (Wildman–Crippen MR) is 83.3 cm³/mol. The van der Waals surface area contributed by atoms with Gasteiger partial charge in [0.25, 0.3) is 11.6 Å². The summed E-state index contributed by atoms with van der Waals surface area (Å²) in [5.74, 6) is -0.322. The normalized spacial score (nSPS) is 18.1. The number of nitrogens with one attached hydrogen (secondary N) is 1. The van der Waals surface area contributed by atoms with E-state index in [1.807, 2.05) is 6.92 Å². The van der Waals surface area contributed by atoms with Gasteiger partial charge in [-0.15, -0.1) is 0 Å². The molecule has 0 spiro atoms. The molecule has 0 bridgehead atoms. The molecule has 1 aromatic carbocycles. The van der Waals surface area contributed by atoms with Gasteiger partial charge in [0.05, 0.1) is 22.3 Å². The van der Waals surface area contributed by atoms with E-state index in [1.165, 1.54) is 19.2 Å². The minimum atomic E-state index is -0.491. The molecule has 0 saturated carbocycles. The maximum absolute atomic E-state index is 12.1. The Balaban J connectivity index is 2.32. The molecule has 1 aliphatic heterocycles. The van der Waals surface area contributed by atoms with E-state index in [0.29, 0.717) is 24.4 Å². The van der Waals surface area contributed by atoms with Crippen LogP contribution in [0.5, 0.6) is 0 Å². The SMILES string of the molecule is CCOC1CCCN(c2ccc([N+](=O)[O-])cc2C(=O)NC)C1. The molecule has 0 aliphatic carbocycles. The van der Waals surface area contributed by atoms with Gasteiger partial charge in [-0.1, -0.05) is 0 Å². The molecule has 1 aliphatic rings.